The Morgan fingerprint density at radius 1 is 1.04 bits per heavy atom. The number of carbonyl (C=O) groups excluding carboxylic acids is 1. The van der Waals surface area contributed by atoms with Crippen molar-refractivity contribution in [2.45, 2.75) is 43.0 Å². The van der Waals surface area contributed by atoms with E-state index in [1.807, 2.05) is 0 Å². The Kier molecular flexibility index (Phi) is 5.07. The third-order valence-corrected chi connectivity index (χ3v) is 7.05. The molecular weight excluding hydrogens is 360 g/mol. The molecule has 2 saturated heterocycles. The summed E-state index contributed by atoms with van der Waals surface area (Å²) in [6.07, 6.45) is 4.74. The number of piperidine rings is 1. The number of nitrogens with zero attached hydrogens (tertiary/aromatic N) is 4. The van der Waals surface area contributed by atoms with Crippen LogP contribution in [0.4, 0.5) is 0 Å². The van der Waals surface area contributed by atoms with Gasteiger partial charge in [-0.15, -0.1) is 0 Å². The van der Waals surface area contributed by atoms with E-state index in [2.05, 4.69) is 0 Å². The van der Waals surface area contributed by atoms with Crippen LogP contribution in [0.15, 0.2) is 20.7 Å². The van der Waals surface area contributed by atoms with Gasteiger partial charge in [0.05, 0.1) is 0 Å². The third-order valence-electron chi connectivity index (χ3n) is 5.16. The molecule has 1 atom stereocenters. The van der Waals surface area contributed by atoms with E-state index in [0.717, 1.165) is 38.9 Å². The Morgan fingerprint density at radius 2 is 1.65 bits per heavy atom. The van der Waals surface area contributed by atoms with E-state index >= 15 is 0 Å². The largest absolute Gasteiger partial charge is 0.341 e. The number of hydrogen-bond donors (Lipinski definition) is 0. The van der Waals surface area contributed by atoms with Gasteiger partial charge in [-0.1, -0.05) is 6.42 Å². The normalized spacial score (nSPS) is 21.9. The lowest BCUT2D eigenvalue weighted by molar-refractivity contribution is -0.135. The Morgan fingerprint density at radius 3 is 2.31 bits per heavy atom. The van der Waals surface area contributed by atoms with Gasteiger partial charge in [-0.25, -0.2) is 13.2 Å². The van der Waals surface area contributed by atoms with Crippen LogP contribution in [0, 0.1) is 0 Å². The van der Waals surface area contributed by atoms with Gasteiger partial charge in [0.25, 0.3) is 15.6 Å². The molecule has 1 aromatic rings. The molecule has 2 aliphatic rings. The third kappa shape index (κ3) is 3.11. The van der Waals surface area contributed by atoms with Crippen molar-refractivity contribution in [1.82, 2.24) is 18.3 Å². The lowest BCUT2D eigenvalue weighted by Crippen LogP contribution is -2.53. The molecule has 3 heterocycles. The molecule has 0 radical (unpaired) electrons. The van der Waals surface area contributed by atoms with Crippen molar-refractivity contribution in [2.75, 3.05) is 19.6 Å². The molecule has 2 fully saturated rings. The highest BCUT2D eigenvalue weighted by atomic mass is 32.2. The minimum atomic E-state index is -4.19. The molecule has 144 valence electrons. The van der Waals surface area contributed by atoms with E-state index in [-0.39, 0.29) is 12.5 Å². The predicted molar refractivity (Wildman–Crippen MR) is 94.3 cm³/mol. The number of aromatic nitrogens is 2. The summed E-state index contributed by atoms with van der Waals surface area (Å²) in [5.74, 6) is -0.188. The van der Waals surface area contributed by atoms with E-state index < -0.39 is 32.2 Å². The minimum absolute atomic E-state index is 0.188. The molecule has 1 unspecified atom stereocenters. The van der Waals surface area contributed by atoms with E-state index in [1.165, 1.54) is 14.1 Å². The molecule has 10 heteroatoms. The number of sulfonamides is 1. The summed E-state index contributed by atoms with van der Waals surface area (Å²) in [5.41, 5.74) is -1.47. The van der Waals surface area contributed by atoms with Crippen molar-refractivity contribution >= 4 is 15.9 Å². The van der Waals surface area contributed by atoms with Gasteiger partial charge in [-0.3, -0.25) is 14.2 Å². The minimum Gasteiger partial charge on any atom is -0.341 e. The molecular formula is C16H24N4O5S. The van der Waals surface area contributed by atoms with Crippen LogP contribution in [0.1, 0.15) is 32.1 Å². The zero-order chi connectivity index (χ0) is 19.1. The van der Waals surface area contributed by atoms with Crippen LogP contribution in [0.5, 0.6) is 0 Å². The summed E-state index contributed by atoms with van der Waals surface area (Å²) in [4.78, 5) is 38.3. The van der Waals surface area contributed by atoms with Gasteiger partial charge in [0, 0.05) is 39.9 Å². The average Bonchev–Trinajstić information content (AvgIpc) is 3.17. The van der Waals surface area contributed by atoms with Crippen LogP contribution in [-0.2, 0) is 28.9 Å². The smallest absolute Gasteiger partial charge is 0.330 e. The second kappa shape index (κ2) is 6.99. The molecule has 0 N–H and O–H groups in total. The summed E-state index contributed by atoms with van der Waals surface area (Å²) >= 11 is 0. The Balaban J connectivity index is 2.03. The highest BCUT2D eigenvalue weighted by molar-refractivity contribution is 7.89. The number of likely N-dealkylation sites (tertiary alicyclic amines) is 1. The van der Waals surface area contributed by atoms with E-state index in [4.69, 9.17) is 0 Å². The van der Waals surface area contributed by atoms with Gasteiger partial charge in [0.15, 0.2) is 4.90 Å². The van der Waals surface area contributed by atoms with Crippen molar-refractivity contribution in [3.63, 3.8) is 0 Å². The highest BCUT2D eigenvalue weighted by Crippen LogP contribution is 2.26. The first-order chi connectivity index (χ1) is 12.2. The molecule has 1 amide bonds. The summed E-state index contributed by atoms with van der Waals surface area (Å²) in [6.45, 7) is 1.48. The Bertz CT molecular complexity index is 927. The van der Waals surface area contributed by atoms with E-state index in [9.17, 15) is 22.8 Å². The fourth-order valence-electron chi connectivity index (χ4n) is 3.67. The molecule has 0 saturated carbocycles. The van der Waals surface area contributed by atoms with Crippen LogP contribution in [0.3, 0.4) is 0 Å². The number of amides is 1. The van der Waals surface area contributed by atoms with Gasteiger partial charge in [-0.05, 0) is 25.7 Å². The maximum atomic E-state index is 13.2. The van der Waals surface area contributed by atoms with Crippen LogP contribution >= 0.6 is 0 Å². The van der Waals surface area contributed by atoms with Crippen molar-refractivity contribution in [1.29, 1.82) is 0 Å². The van der Waals surface area contributed by atoms with Crippen LogP contribution in [0.2, 0.25) is 0 Å². The van der Waals surface area contributed by atoms with Crippen molar-refractivity contribution in [3.05, 3.63) is 27.0 Å². The lowest BCUT2D eigenvalue weighted by Gasteiger charge is -2.35. The summed E-state index contributed by atoms with van der Waals surface area (Å²) < 4.78 is 29.3. The van der Waals surface area contributed by atoms with Gasteiger partial charge < -0.3 is 9.47 Å². The first-order valence-electron chi connectivity index (χ1n) is 8.82. The van der Waals surface area contributed by atoms with Crippen molar-refractivity contribution in [2.24, 2.45) is 14.1 Å². The van der Waals surface area contributed by atoms with Crippen LogP contribution < -0.4 is 11.2 Å². The van der Waals surface area contributed by atoms with E-state index in [0.29, 0.717) is 25.9 Å². The van der Waals surface area contributed by atoms with Gasteiger partial charge in [-0.2, -0.15) is 4.31 Å². The van der Waals surface area contributed by atoms with Gasteiger partial charge in [0.1, 0.15) is 6.04 Å². The number of aryl methyl sites for hydroxylation is 1. The highest BCUT2D eigenvalue weighted by Gasteiger charge is 2.41. The van der Waals surface area contributed by atoms with Crippen molar-refractivity contribution in [3.8, 4) is 0 Å². The van der Waals surface area contributed by atoms with Crippen molar-refractivity contribution < 1.29 is 13.2 Å². The predicted octanol–water partition coefficient (Wildman–Crippen LogP) is -0.750. The molecule has 3 rings (SSSR count). The molecule has 1 aromatic heterocycles. The first kappa shape index (κ1) is 18.8. The first-order valence-corrected chi connectivity index (χ1v) is 10.3. The molecule has 0 aromatic carbocycles. The maximum absolute atomic E-state index is 13.2. The van der Waals surface area contributed by atoms with Crippen LogP contribution in [-0.4, -0.2) is 58.3 Å². The fraction of sp³-hybridized carbons (Fsp3) is 0.688. The molecule has 0 aliphatic carbocycles. The molecule has 26 heavy (non-hydrogen) atoms. The molecule has 0 spiro atoms. The topological polar surface area (TPSA) is 102 Å². The second-order valence-corrected chi connectivity index (χ2v) is 8.77. The number of hydrogen-bond acceptors (Lipinski definition) is 5. The fourth-order valence-corrected chi connectivity index (χ4v) is 5.47. The Hall–Kier alpha value is -1.94. The summed E-state index contributed by atoms with van der Waals surface area (Å²) in [5, 5.41) is 0. The zero-order valence-corrected chi connectivity index (χ0v) is 15.9. The van der Waals surface area contributed by atoms with E-state index in [1.54, 1.807) is 4.90 Å². The molecule has 9 nitrogen and oxygen atoms in total. The maximum Gasteiger partial charge on any atom is 0.330 e. The average molecular weight is 384 g/mol. The SMILES string of the molecule is Cn1cc(S(=O)(=O)N2CCCCC2C(=O)N2CCCC2)c(=O)n(C)c1=O. The monoisotopic (exact) mass is 384 g/mol. The summed E-state index contributed by atoms with van der Waals surface area (Å²) in [6, 6.07) is -0.784. The zero-order valence-electron chi connectivity index (χ0n) is 15.0. The second-order valence-electron chi connectivity index (χ2n) is 6.91. The summed E-state index contributed by atoms with van der Waals surface area (Å²) in [7, 11) is -1.55. The quantitative estimate of drug-likeness (QED) is 0.682. The lowest BCUT2D eigenvalue weighted by atomic mass is 10.0. The van der Waals surface area contributed by atoms with Gasteiger partial charge in [0.2, 0.25) is 5.91 Å². The molecule has 0 bridgehead atoms. The van der Waals surface area contributed by atoms with Gasteiger partial charge >= 0.3 is 5.69 Å². The van der Waals surface area contributed by atoms with Crippen LogP contribution in [0.25, 0.3) is 0 Å². The standard InChI is InChI=1S/C16H24N4O5S/c1-17-11-13(15(22)18(2)16(17)23)26(24,25)20-10-4-3-7-12(20)14(21)19-8-5-6-9-19/h11-12H,3-10H2,1-2H3. The number of carbonyl (C=O) groups is 1. The molecule has 2 aliphatic heterocycles. The number of rotatable bonds is 3. The Labute approximate surface area is 151 Å².